The standard InChI is InChI=1S/C16H9F3N4/c17-16(18,19)15-22-21-14-13(10-6-2-1-3-7-10)20-11-8-4-5-9-12(11)23(14)15/h1-9H. The minimum absolute atomic E-state index is 0.0854. The summed E-state index contributed by atoms with van der Waals surface area (Å²) in [6.07, 6.45) is -4.60. The third-order valence-electron chi connectivity index (χ3n) is 3.53. The molecule has 23 heavy (non-hydrogen) atoms. The molecule has 2 aromatic carbocycles. The first-order chi connectivity index (χ1) is 11.1. The van der Waals surface area contributed by atoms with Crippen LogP contribution in [0.4, 0.5) is 13.2 Å². The lowest BCUT2D eigenvalue weighted by Gasteiger charge is -2.10. The highest BCUT2D eigenvalue weighted by Crippen LogP contribution is 2.32. The molecule has 0 spiro atoms. The van der Waals surface area contributed by atoms with Crippen molar-refractivity contribution in [2.45, 2.75) is 6.18 Å². The Labute approximate surface area is 128 Å². The molecule has 0 fully saturated rings. The SMILES string of the molecule is FC(F)(F)c1nnc2c(-c3ccccc3)nc3ccccc3n12. The van der Waals surface area contributed by atoms with Crippen LogP contribution in [0.2, 0.25) is 0 Å². The van der Waals surface area contributed by atoms with Crippen LogP contribution >= 0.6 is 0 Å². The van der Waals surface area contributed by atoms with Crippen molar-refractivity contribution in [3.05, 3.63) is 60.4 Å². The van der Waals surface area contributed by atoms with Crippen molar-refractivity contribution >= 4 is 16.7 Å². The van der Waals surface area contributed by atoms with E-state index in [1.54, 1.807) is 48.5 Å². The van der Waals surface area contributed by atoms with Gasteiger partial charge >= 0.3 is 6.18 Å². The lowest BCUT2D eigenvalue weighted by atomic mass is 10.1. The molecular weight excluding hydrogens is 305 g/mol. The molecule has 0 aliphatic heterocycles. The quantitative estimate of drug-likeness (QED) is 0.534. The van der Waals surface area contributed by atoms with Crippen LogP contribution in [-0.4, -0.2) is 19.6 Å². The average molecular weight is 314 g/mol. The normalized spacial score (nSPS) is 12.1. The largest absolute Gasteiger partial charge is 0.452 e. The van der Waals surface area contributed by atoms with E-state index in [0.717, 1.165) is 4.40 Å². The number of hydrogen-bond acceptors (Lipinski definition) is 3. The zero-order chi connectivity index (χ0) is 16.0. The van der Waals surface area contributed by atoms with E-state index in [9.17, 15) is 13.2 Å². The van der Waals surface area contributed by atoms with Gasteiger partial charge in [0.25, 0.3) is 0 Å². The van der Waals surface area contributed by atoms with Crippen LogP contribution < -0.4 is 0 Å². The monoisotopic (exact) mass is 314 g/mol. The summed E-state index contributed by atoms with van der Waals surface area (Å²) in [4.78, 5) is 4.48. The van der Waals surface area contributed by atoms with Gasteiger partial charge in [0.1, 0.15) is 5.69 Å². The predicted molar refractivity (Wildman–Crippen MR) is 78.7 cm³/mol. The molecular formula is C16H9F3N4. The molecule has 0 saturated carbocycles. The fraction of sp³-hybridized carbons (Fsp3) is 0.0625. The summed E-state index contributed by atoms with van der Waals surface area (Å²) in [5, 5.41) is 7.09. The zero-order valence-electron chi connectivity index (χ0n) is 11.6. The number of para-hydroxylation sites is 2. The second-order valence-corrected chi connectivity index (χ2v) is 5.00. The van der Waals surface area contributed by atoms with Crippen LogP contribution in [0.3, 0.4) is 0 Å². The van der Waals surface area contributed by atoms with Crippen molar-refractivity contribution in [3.8, 4) is 11.3 Å². The topological polar surface area (TPSA) is 43.1 Å². The summed E-state index contributed by atoms with van der Waals surface area (Å²) in [5.41, 5.74) is 1.91. The van der Waals surface area contributed by atoms with Crippen molar-refractivity contribution < 1.29 is 13.2 Å². The van der Waals surface area contributed by atoms with Gasteiger partial charge in [0.05, 0.1) is 11.0 Å². The van der Waals surface area contributed by atoms with Crippen LogP contribution in [0.25, 0.3) is 27.9 Å². The van der Waals surface area contributed by atoms with Crippen LogP contribution in [0, 0.1) is 0 Å². The van der Waals surface area contributed by atoms with Gasteiger partial charge in [-0.05, 0) is 12.1 Å². The minimum atomic E-state index is -4.60. The van der Waals surface area contributed by atoms with E-state index in [4.69, 9.17) is 0 Å². The second-order valence-electron chi connectivity index (χ2n) is 5.00. The summed E-state index contributed by atoms with van der Waals surface area (Å²) >= 11 is 0. The maximum absolute atomic E-state index is 13.3. The molecule has 0 unspecified atom stereocenters. The first kappa shape index (κ1) is 13.7. The molecule has 0 radical (unpaired) electrons. The summed E-state index contributed by atoms with van der Waals surface area (Å²) in [5.74, 6) is -1.05. The van der Waals surface area contributed by atoms with Crippen molar-refractivity contribution in [3.63, 3.8) is 0 Å². The summed E-state index contributed by atoms with van der Waals surface area (Å²) in [7, 11) is 0. The Morgan fingerprint density at radius 1 is 0.826 bits per heavy atom. The van der Waals surface area contributed by atoms with Crippen molar-refractivity contribution in [2.24, 2.45) is 0 Å². The smallest absolute Gasteiger partial charge is 0.268 e. The molecule has 0 aliphatic carbocycles. The number of alkyl halides is 3. The summed E-state index contributed by atoms with van der Waals surface area (Å²) < 4.78 is 40.8. The van der Waals surface area contributed by atoms with Gasteiger partial charge < -0.3 is 0 Å². The van der Waals surface area contributed by atoms with Gasteiger partial charge in [0, 0.05) is 5.56 Å². The molecule has 2 aromatic heterocycles. The Morgan fingerprint density at radius 3 is 2.26 bits per heavy atom. The lowest BCUT2D eigenvalue weighted by Crippen LogP contribution is -2.11. The Hall–Kier alpha value is -2.96. The van der Waals surface area contributed by atoms with Gasteiger partial charge in [-0.25, -0.2) is 4.98 Å². The molecule has 4 nitrogen and oxygen atoms in total. The van der Waals surface area contributed by atoms with E-state index in [1.165, 1.54) is 0 Å². The second kappa shape index (κ2) is 4.77. The molecule has 0 saturated heterocycles. The van der Waals surface area contributed by atoms with Gasteiger partial charge in [0.15, 0.2) is 5.65 Å². The van der Waals surface area contributed by atoms with Crippen LogP contribution in [0.15, 0.2) is 54.6 Å². The van der Waals surface area contributed by atoms with Gasteiger partial charge in [-0.3, -0.25) is 4.40 Å². The number of halogens is 3. The van der Waals surface area contributed by atoms with Crippen molar-refractivity contribution in [1.82, 2.24) is 19.6 Å². The van der Waals surface area contributed by atoms with Gasteiger partial charge in [0.2, 0.25) is 5.82 Å². The highest BCUT2D eigenvalue weighted by molar-refractivity contribution is 5.85. The minimum Gasteiger partial charge on any atom is -0.268 e. The summed E-state index contributed by atoms with van der Waals surface area (Å²) in [6, 6.07) is 15.6. The lowest BCUT2D eigenvalue weighted by molar-refractivity contribution is -0.145. The average Bonchev–Trinajstić information content (AvgIpc) is 3.00. The summed E-state index contributed by atoms with van der Waals surface area (Å²) in [6.45, 7) is 0. The maximum Gasteiger partial charge on any atom is 0.452 e. The molecule has 7 heteroatoms. The molecule has 0 bridgehead atoms. The molecule has 114 valence electrons. The third-order valence-corrected chi connectivity index (χ3v) is 3.53. The number of aromatic nitrogens is 4. The molecule has 0 aliphatic rings. The van der Waals surface area contributed by atoms with Crippen LogP contribution in [-0.2, 0) is 6.18 Å². The zero-order valence-corrected chi connectivity index (χ0v) is 11.6. The highest BCUT2D eigenvalue weighted by atomic mass is 19.4. The number of nitrogens with zero attached hydrogens (tertiary/aromatic N) is 4. The predicted octanol–water partition coefficient (Wildman–Crippen LogP) is 3.96. The number of rotatable bonds is 1. The van der Waals surface area contributed by atoms with E-state index >= 15 is 0 Å². The molecule has 4 rings (SSSR count). The molecule has 0 N–H and O–H groups in total. The van der Waals surface area contributed by atoms with E-state index < -0.39 is 12.0 Å². The Kier molecular flexibility index (Phi) is 2.84. The Morgan fingerprint density at radius 2 is 1.52 bits per heavy atom. The van der Waals surface area contributed by atoms with Gasteiger partial charge in [-0.1, -0.05) is 42.5 Å². The van der Waals surface area contributed by atoms with E-state index in [2.05, 4.69) is 15.2 Å². The number of fused-ring (bicyclic) bond motifs is 3. The fourth-order valence-electron chi connectivity index (χ4n) is 2.56. The number of benzene rings is 2. The Balaban J connectivity index is 2.18. The fourth-order valence-corrected chi connectivity index (χ4v) is 2.56. The first-order valence-electron chi connectivity index (χ1n) is 6.82. The van der Waals surface area contributed by atoms with E-state index in [1.807, 2.05) is 6.07 Å². The first-order valence-corrected chi connectivity index (χ1v) is 6.82. The van der Waals surface area contributed by atoms with E-state index in [-0.39, 0.29) is 5.65 Å². The van der Waals surface area contributed by atoms with E-state index in [0.29, 0.717) is 22.3 Å². The van der Waals surface area contributed by atoms with Crippen LogP contribution in [0.5, 0.6) is 0 Å². The molecule has 4 aromatic rings. The molecule has 0 amide bonds. The maximum atomic E-state index is 13.3. The number of hydrogen-bond donors (Lipinski definition) is 0. The third kappa shape index (κ3) is 2.12. The highest BCUT2D eigenvalue weighted by Gasteiger charge is 2.38. The van der Waals surface area contributed by atoms with Crippen molar-refractivity contribution in [2.75, 3.05) is 0 Å². The van der Waals surface area contributed by atoms with Crippen LogP contribution in [0.1, 0.15) is 5.82 Å². The molecule has 2 heterocycles. The van der Waals surface area contributed by atoms with Crippen molar-refractivity contribution in [1.29, 1.82) is 0 Å². The molecule has 0 atom stereocenters. The Bertz CT molecular complexity index is 1010. The van der Waals surface area contributed by atoms with Gasteiger partial charge in [-0.2, -0.15) is 13.2 Å². The van der Waals surface area contributed by atoms with Gasteiger partial charge in [-0.15, -0.1) is 10.2 Å².